The van der Waals surface area contributed by atoms with E-state index in [-0.39, 0.29) is 29.7 Å². The number of carbonyl (C=O) groups is 1. The molecule has 3 unspecified atom stereocenters. The molecule has 3 heterocycles. The fraction of sp³-hybridized carbons (Fsp3) is 0.500. The molecule has 0 saturated carbocycles. The van der Waals surface area contributed by atoms with Crippen molar-refractivity contribution in [3.05, 3.63) is 41.3 Å². The Kier molecular flexibility index (Phi) is 5.65. The van der Waals surface area contributed by atoms with Gasteiger partial charge in [-0.05, 0) is 24.0 Å². The highest BCUT2D eigenvalue weighted by molar-refractivity contribution is 5.97. The van der Waals surface area contributed by atoms with Crippen LogP contribution in [0.5, 0.6) is 0 Å². The van der Waals surface area contributed by atoms with E-state index in [0.29, 0.717) is 13.1 Å². The monoisotopic (exact) mass is 410 g/mol. The van der Waals surface area contributed by atoms with Gasteiger partial charge >= 0.3 is 0 Å². The van der Waals surface area contributed by atoms with Crippen LogP contribution >= 0.6 is 0 Å². The first-order chi connectivity index (χ1) is 14.5. The van der Waals surface area contributed by atoms with Gasteiger partial charge in [0.15, 0.2) is 17.5 Å². The number of hydrogen-bond acceptors (Lipinski definition) is 4. The smallest absolute Gasteiger partial charge is 0.251 e. The van der Waals surface area contributed by atoms with Gasteiger partial charge in [0.1, 0.15) is 12.6 Å². The molecule has 0 spiro atoms. The van der Waals surface area contributed by atoms with Crippen molar-refractivity contribution in [2.24, 2.45) is 22.4 Å². The van der Waals surface area contributed by atoms with Crippen molar-refractivity contribution >= 4 is 23.3 Å². The number of nitrogens with one attached hydrogen (secondary N) is 3. The SMILES string of the molecule is CCC(C)C1NC2=C(CCCN=C(N)N)[NH+]=C(C3CNc4ccccc43)CN2C1=O. The number of guanidine groups is 1. The molecule has 0 radical (unpaired) electrons. The third kappa shape index (κ3) is 3.74. The van der Waals surface area contributed by atoms with Gasteiger partial charge in [0.2, 0.25) is 5.70 Å². The van der Waals surface area contributed by atoms with E-state index < -0.39 is 0 Å². The molecule has 0 aromatic heterocycles. The molecule has 1 amide bonds. The first kappa shape index (κ1) is 20.3. The molecule has 7 N–H and O–H groups in total. The van der Waals surface area contributed by atoms with E-state index in [1.54, 1.807) is 0 Å². The maximum atomic E-state index is 13.2. The molecule has 8 heteroatoms. The number of nitrogens with two attached hydrogens (primary N) is 2. The third-order valence-electron chi connectivity index (χ3n) is 6.37. The summed E-state index contributed by atoms with van der Waals surface area (Å²) in [6, 6.07) is 8.22. The minimum Gasteiger partial charge on any atom is -0.384 e. The zero-order valence-corrected chi connectivity index (χ0v) is 17.7. The van der Waals surface area contributed by atoms with Crippen LogP contribution in [0.4, 0.5) is 5.69 Å². The molecular weight excluding hydrogens is 378 g/mol. The van der Waals surface area contributed by atoms with Crippen LogP contribution in [-0.4, -0.2) is 48.2 Å². The maximum Gasteiger partial charge on any atom is 0.251 e. The molecule has 1 fully saturated rings. The first-order valence-electron chi connectivity index (χ1n) is 10.8. The van der Waals surface area contributed by atoms with Gasteiger partial charge < -0.3 is 22.1 Å². The van der Waals surface area contributed by atoms with Crippen molar-refractivity contribution in [1.82, 2.24) is 10.2 Å². The van der Waals surface area contributed by atoms with Gasteiger partial charge in [-0.1, -0.05) is 38.5 Å². The lowest BCUT2D eigenvalue weighted by Crippen LogP contribution is -2.77. The lowest BCUT2D eigenvalue weighted by Gasteiger charge is -2.23. The number of fused-ring (bicyclic) bond motifs is 2. The van der Waals surface area contributed by atoms with Crippen molar-refractivity contribution in [2.45, 2.75) is 45.1 Å². The molecule has 4 rings (SSSR count). The van der Waals surface area contributed by atoms with Gasteiger partial charge in [-0.2, -0.15) is 0 Å². The number of carbonyl (C=O) groups excluding carboxylic acids is 1. The largest absolute Gasteiger partial charge is 0.384 e. The second-order valence-electron chi connectivity index (χ2n) is 8.34. The molecule has 1 aromatic carbocycles. The summed E-state index contributed by atoms with van der Waals surface area (Å²) in [5, 5.41) is 7.00. The fourth-order valence-corrected chi connectivity index (χ4v) is 4.49. The van der Waals surface area contributed by atoms with Crippen molar-refractivity contribution in [3.63, 3.8) is 0 Å². The molecular formula is C22H32N7O+. The quantitative estimate of drug-likeness (QED) is 0.242. The zero-order valence-electron chi connectivity index (χ0n) is 17.7. The Morgan fingerprint density at radius 2 is 2.17 bits per heavy atom. The summed E-state index contributed by atoms with van der Waals surface area (Å²) in [4.78, 5) is 22.9. The lowest BCUT2D eigenvalue weighted by atomic mass is 9.94. The summed E-state index contributed by atoms with van der Waals surface area (Å²) in [6.45, 7) is 6.24. The van der Waals surface area contributed by atoms with Crippen molar-refractivity contribution in [3.8, 4) is 0 Å². The summed E-state index contributed by atoms with van der Waals surface area (Å²) >= 11 is 0. The van der Waals surface area contributed by atoms with Crippen molar-refractivity contribution < 1.29 is 9.79 Å². The minimum atomic E-state index is -0.173. The molecule has 0 aliphatic carbocycles. The number of rotatable bonds is 7. The standard InChI is InChI=1S/C22H31N7O/c1-3-13(2)19-21(30)29-12-18(15-11-26-16-8-5-4-7-14(15)16)27-17(20(29)28-19)9-6-10-25-22(23)24/h4-5,7-8,13,15,19,26,28H,3,6,9-12H2,1-2H3,(H4,23,24,25)/p+1. The molecule has 1 aromatic rings. The molecule has 3 aliphatic heterocycles. The molecule has 8 nitrogen and oxygen atoms in total. The van der Waals surface area contributed by atoms with E-state index in [2.05, 4.69) is 52.7 Å². The van der Waals surface area contributed by atoms with Crippen LogP contribution < -0.4 is 27.1 Å². The second-order valence-corrected chi connectivity index (χ2v) is 8.34. The van der Waals surface area contributed by atoms with E-state index in [4.69, 9.17) is 11.5 Å². The number of anilines is 1. The Balaban J connectivity index is 1.63. The summed E-state index contributed by atoms with van der Waals surface area (Å²) in [7, 11) is 0. The average Bonchev–Trinajstić information content (AvgIpc) is 3.32. The number of nitrogens with zero attached hydrogens (tertiary/aromatic N) is 2. The summed E-state index contributed by atoms with van der Waals surface area (Å²) in [6.07, 6.45) is 2.52. The van der Waals surface area contributed by atoms with Crippen molar-refractivity contribution in [1.29, 1.82) is 0 Å². The Labute approximate surface area is 177 Å². The number of para-hydroxylation sites is 1. The molecule has 3 aliphatic rings. The lowest BCUT2D eigenvalue weighted by molar-refractivity contribution is -0.410. The van der Waals surface area contributed by atoms with Crippen LogP contribution in [0.3, 0.4) is 0 Å². The number of amides is 1. The van der Waals surface area contributed by atoms with Gasteiger partial charge in [0.25, 0.3) is 5.91 Å². The van der Waals surface area contributed by atoms with E-state index in [9.17, 15) is 4.79 Å². The van der Waals surface area contributed by atoms with Gasteiger partial charge in [-0.25, -0.2) is 4.99 Å². The van der Waals surface area contributed by atoms with E-state index in [1.165, 1.54) is 11.3 Å². The fourth-order valence-electron chi connectivity index (χ4n) is 4.49. The van der Waals surface area contributed by atoms with E-state index in [1.807, 2.05) is 11.0 Å². The molecule has 30 heavy (non-hydrogen) atoms. The third-order valence-corrected chi connectivity index (χ3v) is 6.37. The highest BCUT2D eigenvalue weighted by Gasteiger charge is 2.46. The van der Waals surface area contributed by atoms with Crippen LogP contribution in [0.2, 0.25) is 0 Å². The Bertz CT molecular complexity index is 916. The highest BCUT2D eigenvalue weighted by Crippen LogP contribution is 2.33. The predicted octanol–water partition coefficient (Wildman–Crippen LogP) is -0.200. The Morgan fingerprint density at radius 3 is 2.93 bits per heavy atom. The second kappa shape index (κ2) is 8.38. The van der Waals surface area contributed by atoms with Crippen LogP contribution in [0, 0.1) is 5.92 Å². The highest BCUT2D eigenvalue weighted by atomic mass is 16.2. The van der Waals surface area contributed by atoms with E-state index >= 15 is 0 Å². The Morgan fingerprint density at radius 1 is 1.37 bits per heavy atom. The summed E-state index contributed by atoms with van der Waals surface area (Å²) in [5.41, 5.74) is 15.6. The normalized spacial score (nSPS) is 23.3. The van der Waals surface area contributed by atoms with Crippen LogP contribution in [-0.2, 0) is 4.79 Å². The van der Waals surface area contributed by atoms with Gasteiger partial charge in [-0.15, -0.1) is 0 Å². The molecule has 160 valence electrons. The average molecular weight is 411 g/mol. The molecule has 3 atom stereocenters. The molecule has 1 saturated heterocycles. The first-order valence-corrected chi connectivity index (χ1v) is 10.8. The predicted molar refractivity (Wildman–Crippen MR) is 119 cm³/mol. The topological polar surface area (TPSA) is 123 Å². The van der Waals surface area contributed by atoms with Gasteiger partial charge in [-0.3, -0.25) is 14.7 Å². The van der Waals surface area contributed by atoms with E-state index in [0.717, 1.165) is 43.0 Å². The summed E-state index contributed by atoms with van der Waals surface area (Å²) < 4.78 is 0. The van der Waals surface area contributed by atoms with Crippen LogP contribution in [0.25, 0.3) is 0 Å². The van der Waals surface area contributed by atoms with Crippen molar-refractivity contribution in [2.75, 3.05) is 25.0 Å². The number of allylic oxidation sites excluding steroid dienone is 1. The minimum absolute atomic E-state index is 0.109. The van der Waals surface area contributed by atoms with Gasteiger partial charge in [0.05, 0.1) is 5.92 Å². The summed E-state index contributed by atoms with van der Waals surface area (Å²) in [5.74, 6) is 1.69. The Hall–Kier alpha value is -3.03. The van der Waals surface area contributed by atoms with Gasteiger partial charge in [0, 0.05) is 25.2 Å². The number of aliphatic imine (C=N–C) groups is 1. The number of hydrogen-bond donors (Lipinski definition) is 5. The van der Waals surface area contributed by atoms with Crippen LogP contribution in [0.1, 0.15) is 44.6 Å². The van der Waals surface area contributed by atoms with Crippen LogP contribution in [0.15, 0.2) is 40.8 Å². The molecule has 0 bridgehead atoms. The maximum absolute atomic E-state index is 13.2. The zero-order chi connectivity index (χ0) is 21.3. The number of benzene rings is 1.